The van der Waals surface area contributed by atoms with Gasteiger partial charge in [0.2, 0.25) is 0 Å². The first-order chi connectivity index (χ1) is 5.83. The molecule has 0 N–H and O–H groups in total. The van der Waals surface area contributed by atoms with Crippen LogP contribution in [-0.4, -0.2) is 16.5 Å². The molecule has 0 amide bonds. The molecule has 0 atom stereocenters. The second kappa shape index (κ2) is 2.93. The van der Waals surface area contributed by atoms with Gasteiger partial charge in [-0.3, -0.25) is 4.40 Å². The van der Waals surface area contributed by atoms with E-state index in [9.17, 15) is 0 Å². The quantitative estimate of drug-likeness (QED) is 0.743. The normalized spacial score (nSPS) is 10.5. The van der Waals surface area contributed by atoms with E-state index in [1.165, 1.54) is 0 Å². The van der Waals surface area contributed by atoms with Gasteiger partial charge in [-0.1, -0.05) is 0 Å². The number of pyridine rings is 1. The molecule has 12 heavy (non-hydrogen) atoms. The summed E-state index contributed by atoms with van der Waals surface area (Å²) in [6.45, 7) is 0. The van der Waals surface area contributed by atoms with Gasteiger partial charge in [0.25, 0.3) is 0 Å². The molecule has 0 fully saturated rings. The Kier molecular flexibility index (Phi) is 1.92. The molecule has 0 aliphatic carbocycles. The van der Waals surface area contributed by atoms with Crippen molar-refractivity contribution in [3.63, 3.8) is 0 Å². The highest BCUT2D eigenvalue weighted by Gasteiger charge is 2.03. The van der Waals surface area contributed by atoms with Crippen LogP contribution >= 0.6 is 22.6 Å². The first-order valence-corrected chi connectivity index (χ1v) is 4.56. The van der Waals surface area contributed by atoms with E-state index < -0.39 is 0 Å². The number of ether oxygens (including phenoxy) is 1. The number of methoxy groups -OCH3 is 1. The molecule has 0 bridgehead atoms. The van der Waals surface area contributed by atoms with Crippen molar-refractivity contribution in [3.05, 3.63) is 28.1 Å². The zero-order valence-electron chi connectivity index (χ0n) is 6.49. The predicted molar refractivity (Wildman–Crippen MR) is 54.5 cm³/mol. The summed E-state index contributed by atoms with van der Waals surface area (Å²) in [6, 6.07) is 3.91. The maximum Gasteiger partial charge on any atom is 0.199 e. The van der Waals surface area contributed by atoms with Crippen molar-refractivity contribution >= 4 is 28.2 Å². The summed E-state index contributed by atoms with van der Waals surface area (Å²) in [7, 11) is 1.65. The molecule has 4 heteroatoms. The fourth-order valence-electron chi connectivity index (χ4n) is 1.12. The molecule has 0 saturated heterocycles. The zero-order chi connectivity index (χ0) is 8.55. The molecule has 2 heterocycles. The first-order valence-electron chi connectivity index (χ1n) is 3.48. The summed E-state index contributed by atoms with van der Waals surface area (Å²) in [5.41, 5.74) is 0.940. The molecule has 0 radical (unpaired) electrons. The largest absolute Gasteiger partial charge is 0.482 e. The predicted octanol–water partition coefficient (Wildman–Crippen LogP) is 1.95. The van der Waals surface area contributed by atoms with Gasteiger partial charge in [0.05, 0.1) is 10.7 Å². The molecular formula is C8H7IN2O. The van der Waals surface area contributed by atoms with Gasteiger partial charge < -0.3 is 4.74 Å². The SMILES string of the molecule is COc1ccc(I)c2nccn12. The van der Waals surface area contributed by atoms with Crippen LogP contribution in [0.4, 0.5) is 0 Å². The molecule has 0 aliphatic rings. The van der Waals surface area contributed by atoms with Crippen LogP contribution in [0.5, 0.6) is 5.88 Å². The van der Waals surface area contributed by atoms with Gasteiger partial charge in [0.1, 0.15) is 0 Å². The standard InChI is InChI=1S/C8H7IN2O/c1-12-7-3-2-6(9)8-10-4-5-11(7)8/h2-5H,1H3. The van der Waals surface area contributed by atoms with E-state index in [0.717, 1.165) is 15.1 Å². The molecular weight excluding hydrogens is 267 g/mol. The Hall–Kier alpha value is -0.780. The molecule has 0 unspecified atom stereocenters. The highest BCUT2D eigenvalue weighted by atomic mass is 127. The average molecular weight is 274 g/mol. The Morgan fingerprint density at radius 3 is 3.08 bits per heavy atom. The molecule has 0 spiro atoms. The van der Waals surface area contributed by atoms with Gasteiger partial charge in [-0.2, -0.15) is 0 Å². The average Bonchev–Trinajstić information content (AvgIpc) is 2.54. The fourth-order valence-corrected chi connectivity index (χ4v) is 1.70. The summed E-state index contributed by atoms with van der Waals surface area (Å²) in [5.74, 6) is 0.808. The summed E-state index contributed by atoms with van der Waals surface area (Å²) < 4.78 is 8.20. The summed E-state index contributed by atoms with van der Waals surface area (Å²) >= 11 is 2.25. The van der Waals surface area contributed by atoms with E-state index >= 15 is 0 Å². The van der Waals surface area contributed by atoms with Crippen molar-refractivity contribution in [3.8, 4) is 5.88 Å². The van der Waals surface area contributed by atoms with E-state index in [2.05, 4.69) is 27.6 Å². The lowest BCUT2D eigenvalue weighted by atomic mass is 10.4. The van der Waals surface area contributed by atoms with Crippen LogP contribution in [0, 0.1) is 3.57 Å². The van der Waals surface area contributed by atoms with Crippen LogP contribution in [0.2, 0.25) is 0 Å². The summed E-state index contributed by atoms with van der Waals surface area (Å²) in [4.78, 5) is 4.20. The van der Waals surface area contributed by atoms with E-state index in [-0.39, 0.29) is 0 Å². The van der Waals surface area contributed by atoms with Crippen LogP contribution in [0.3, 0.4) is 0 Å². The van der Waals surface area contributed by atoms with Gasteiger partial charge in [-0.05, 0) is 34.7 Å². The minimum Gasteiger partial charge on any atom is -0.482 e. The number of halogens is 1. The van der Waals surface area contributed by atoms with Crippen LogP contribution in [0.15, 0.2) is 24.5 Å². The zero-order valence-corrected chi connectivity index (χ0v) is 8.65. The van der Waals surface area contributed by atoms with Crippen molar-refractivity contribution in [1.29, 1.82) is 0 Å². The van der Waals surface area contributed by atoms with Gasteiger partial charge >= 0.3 is 0 Å². The van der Waals surface area contributed by atoms with Gasteiger partial charge in [-0.25, -0.2) is 4.98 Å². The van der Waals surface area contributed by atoms with Crippen LogP contribution in [0.1, 0.15) is 0 Å². The Morgan fingerprint density at radius 2 is 2.33 bits per heavy atom. The highest BCUT2D eigenvalue weighted by Crippen LogP contribution is 2.18. The minimum atomic E-state index is 0.808. The summed E-state index contributed by atoms with van der Waals surface area (Å²) in [6.07, 6.45) is 3.65. The number of imidazole rings is 1. The maximum atomic E-state index is 5.16. The minimum absolute atomic E-state index is 0.808. The molecule has 2 aromatic heterocycles. The lowest BCUT2D eigenvalue weighted by Gasteiger charge is -2.03. The fraction of sp³-hybridized carbons (Fsp3) is 0.125. The van der Waals surface area contributed by atoms with Crippen LogP contribution in [-0.2, 0) is 0 Å². The third-order valence-electron chi connectivity index (χ3n) is 1.67. The summed E-state index contributed by atoms with van der Waals surface area (Å²) in [5, 5.41) is 0. The lowest BCUT2D eigenvalue weighted by molar-refractivity contribution is 0.392. The maximum absolute atomic E-state index is 5.16. The highest BCUT2D eigenvalue weighted by molar-refractivity contribution is 14.1. The van der Waals surface area contributed by atoms with Gasteiger partial charge in [0.15, 0.2) is 11.5 Å². The molecule has 3 nitrogen and oxygen atoms in total. The van der Waals surface area contributed by atoms with E-state index in [1.807, 2.05) is 22.7 Å². The van der Waals surface area contributed by atoms with Crippen LogP contribution in [0.25, 0.3) is 5.65 Å². The number of hydrogen-bond donors (Lipinski definition) is 0. The third-order valence-corrected chi connectivity index (χ3v) is 2.52. The van der Waals surface area contributed by atoms with E-state index in [4.69, 9.17) is 4.74 Å². The van der Waals surface area contributed by atoms with Crippen molar-refractivity contribution < 1.29 is 4.74 Å². The Morgan fingerprint density at radius 1 is 1.50 bits per heavy atom. The van der Waals surface area contributed by atoms with Crippen molar-refractivity contribution in [2.45, 2.75) is 0 Å². The second-order valence-corrected chi connectivity index (χ2v) is 3.51. The van der Waals surface area contributed by atoms with Crippen molar-refractivity contribution in [2.75, 3.05) is 7.11 Å². The molecule has 2 rings (SSSR count). The number of rotatable bonds is 1. The number of nitrogens with zero attached hydrogens (tertiary/aromatic N) is 2. The van der Waals surface area contributed by atoms with E-state index in [1.54, 1.807) is 13.3 Å². The Labute approximate surface area is 83.5 Å². The molecule has 2 aromatic rings. The first kappa shape index (κ1) is 7.85. The van der Waals surface area contributed by atoms with Gasteiger partial charge in [0, 0.05) is 12.4 Å². The number of hydrogen-bond acceptors (Lipinski definition) is 2. The molecule has 0 aromatic carbocycles. The van der Waals surface area contributed by atoms with Crippen molar-refractivity contribution in [2.24, 2.45) is 0 Å². The van der Waals surface area contributed by atoms with E-state index in [0.29, 0.717) is 0 Å². The van der Waals surface area contributed by atoms with Crippen molar-refractivity contribution in [1.82, 2.24) is 9.38 Å². The third kappa shape index (κ3) is 1.06. The molecule has 0 aliphatic heterocycles. The smallest absolute Gasteiger partial charge is 0.199 e. The number of fused-ring (bicyclic) bond motifs is 1. The Balaban J connectivity index is 2.82. The topological polar surface area (TPSA) is 26.5 Å². The Bertz CT molecular complexity index is 410. The lowest BCUT2D eigenvalue weighted by Crippen LogP contribution is -1.93. The van der Waals surface area contributed by atoms with Gasteiger partial charge in [-0.15, -0.1) is 0 Å². The molecule has 0 saturated carbocycles. The molecule has 62 valence electrons. The second-order valence-electron chi connectivity index (χ2n) is 2.34. The van der Waals surface area contributed by atoms with Crippen LogP contribution < -0.4 is 4.74 Å². The monoisotopic (exact) mass is 274 g/mol. The number of aromatic nitrogens is 2.